The molecular formula is C27H32FNO5. The van der Waals surface area contributed by atoms with Crippen LogP contribution in [0.3, 0.4) is 0 Å². The van der Waals surface area contributed by atoms with Crippen LogP contribution in [0.4, 0.5) is 4.39 Å². The van der Waals surface area contributed by atoms with Crippen LogP contribution in [0.2, 0.25) is 0 Å². The first-order valence-corrected chi connectivity index (χ1v) is 11.8. The summed E-state index contributed by atoms with van der Waals surface area (Å²) in [6, 6.07) is 10.5. The van der Waals surface area contributed by atoms with Gasteiger partial charge in [0.1, 0.15) is 29.0 Å². The molecule has 1 aliphatic heterocycles. The average Bonchev–Trinajstić information content (AvgIpc) is 3.61. The predicted molar refractivity (Wildman–Crippen MR) is 126 cm³/mol. The van der Waals surface area contributed by atoms with Crippen LogP contribution >= 0.6 is 0 Å². The van der Waals surface area contributed by atoms with Gasteiger partial charge in [0, 0.05) is 19.0 Å². The van der Waals surface area contributed by atoms with Crippen LogP contribution < -0.4 is 9.47 Å². The van der Waals surface area contributed by atoms with Crippen molar-refractivity contribution in [2.45, 2.75) is 70.6 Å². The molecular weight excluding hydrogens is 437 g/mol. The summed E-state index contributed by atoms with van der Waals surface area (Å²) < 4.78 is 31.7. The normalized spacial score (nSPS) is 18.6. The van der Waals surface area contributed by atoms with Crippen molar-refractivity contribution in [2.24, 2.45) is 0 Å². The smallest absolute Gasteiger partial charge is 0.341 e. The molecule has 1 aliphatic carbocycles. The Balaban J connectivity index is 1.49. The summed E-state index contributed by atoms with van der Waals surface area (Å²) in [6.45, 7) is 6.16. The zero-order valence-electron chi connectivity index (χ0n) is 20.2. The highest BCUT2D eigenvalue weighted by molar-refractivity contribution is 5.90. The van der Waals surface area contributed by atoms with Crippen molar-refractivity contribution in [1.29, 1.82) is 0 Å². The molecule has 1 saturated carbocycles. The number of nitrogens with zero attached hydrogens (tertiary/aromatic N) is 1. The molecule has 1 heterocycles. The minimum atomic E-state index is -0.708. The maximum atomic E-state index is 14.9. The van der Waals surface area contributed by atoms with E-state index >= 15 is 0 Å². The summed E-state index contributed by atoms with van der Waals surface area (Å²) in [5.74, 6) is 0.209. The number of hydrogen-bond donors (Lipinski definition) is 0. The summed E-state index contributed by atoms with van der Waals surface area (Å²) in [5.41, 5.74) is 1.06. The second-order valence-electron chi connectivity index (χ2n) is 10.0. The fraction of sp³-hybridized carbons (Fsp3) is 0.481. The van der Waals surface area contributed by atoms with Gasteiger partial charge in [-0.25, -0.2) is 9.18 Å². The molecule has 1 atom stereocenters. The summed E-state index contributed by atoms with van der Waals surface area (Å²) >= 11 is 0. The van der Waals surface area contributed by atoms with Gasteiger partial charge in [0.2, 0.25) is 5.91 Å². The van der Waals surface area contributed by atoms with Gasteiger partial charge in [-0.2, -0.15) is 0 Å². The monoisotopic (exact) mass is 469 g/mol. The first-order chi connectivity index (χ1) is 16.1. The number of rotatable bonds is 7. The molecule has 2 fully saturated rings. The molecule has 0 radical (unpaired) electrons. The highest BCUT2D eigenvalue weighted by atomic mass is 19.1. The van der Waals surface area contributed by atoms with E-state index in [-0.39, 0.29) is 23.5 Å². The summed E-state index contributed by atoms with van der Waals surface area (Å²) in [5, 5.41) is 0. The number of carbonyl (C=O) groups excluding carboxylic acids is 2. The summed E-state index contributed by atoms with van der Waals surface area (Å²) in [7, 11) is 1.61. The number of carbonyl (C=O) groups is 2. The maximum Gasteiger partial charge on any atom is 0.341 e. The van der Waals surface area contributed by atoms with Crippen LogP contribution in [0.5, 0.6) is 11.5 Å². The zero-order valence-corrected chi connectivity index (χ0v) is 20.2. The summed E-state index contributed by atoms with van der Waals surface area (Å²) in [6.07, 6.45) is 2.64. The number of methoxy groups -OCH3 is 1. The minimum Gasteiger partial charge on any atom is -0.497 e. The first kappa shape index (κ1) is 24.0. The Morgan fingerprint density at radius 1 is 1.12 bits per heavy atom. The number of piperidine rings is 1. The second kappa shape index (κ2) is 9.65. The first-order valence-electron chi connectivity index (χ1n) is 11.8. The Kier molecular flexibility index (Phi) is 6.82. The number of halogens is 1. The van der Waals surface area contributed by atoms with Crippen molar-refractivity contribution in [3.63, 3.8) is 0 Å². The van der Waals surface area contributed by atoms with E-state index in [1.54, 1.807) is 38.8 Å². The lowest BCUT2D eigenvalue weighted by atomic mass is 10.0. The van der Waals surface area contributed by atoms with Crippen molar-refractivity contribution < 1.29 is 28.2 Å². The Morgan fingerprint density at radius 2 is 1.82 bits per heavy atom. The van der Waals surface area contributed by atoms with Crippen LogP contribution in [0.1, 0.15) is 73.9 Å². The molecule has 4 rings (SSSR count). The topological polar surface area (TPSA) is 65.1 Å². The molecule has 6 nitrogen and oxygen atoms in total. The summed E-state index contributed by atoms with van der Waals surface area (Å²) in [4.78, 5) is 26.8. The van der Waals surface area contributed by atoms with Gasteiger partial charge in [-0.3, -0.25) is 4.79 Å². The van der Waals surface area contributed by atoms with Gasteiger partial charge in [0.05, 0.1) is 19.2 Å². The Hall–Kier alpha value is -3.09. The molecule has 2 aromatic rings. The third kappa shape index (κ3) is 5.88. The fourth-order valence-corrected chi connectivity index (χ4v) is 4.14. The molecule has 1 saturated heterocycles. The molecule has 0 aromatic heterocycles. The Morgan fingerprint density at radius 3 is 2.44 bits per heavy atom. The van der Waals surface area contributed by atoms with E-state index in [2.05, 4.69) is 0 Å². The van der Waals surface area contributed by atoms with Crippen LogP contribution in [-0.2, 0) is 16.1 Å². The largest absolute Gasteiger partial charge is 0.497 e. The number of likely N-dealkylation sites (tertiary alicyclic amines) is 1. The van der Waals surface area contributed by atoms with Gasteiger partial charge < -0.3 is 19.1 Å². The van der Waals surface area contributed by atoms with Crippen molar-refractivity contribution in [2.75, 3.05) is 13.7 Å². The average molecular weight is 470 g/mol. The molecule has 2 aliphatic rings. The zero-order chi connectivity index (χ0) is 24.5. The molecule has 0 bridgehead atoms. The van der Waals surface area contributed by atoms with Gasteiger partial charge >= 0.3 is 5.97 Å². The van der Waals surface area contributed by atoms with E-state index in [0.29, 0.717) is 31.7 Å². The molecule has 0 spiro atoms. The third-order valence-electron chi connectivity index (χ3n) is 6.02. The van der Waals surface area contributed by atoms with Crippen LogP contribution in [-0.4, -0.2) is 42.1 Å². The quantitative estimate of drug-likeness (QED) is 0.519. The number of benzene rings is 2. The third-order valence-corrected chi connectivity index (χ3v) is 6.02. The van der Waals surface area contributed by atoms with E-state index in [9.17, 15) is 14.0 Å². The molecule has 34 heavy (non-hydrogen) atoms. The molecule has 0 N–H and O–H groups in total. The van der Waals surface area contributed by atoms with E-state index in [0.717, 1.165) is 29.7 Å². The van der Waals surface area contributed by atoms with Gasteiger partial charge in [-0.05, 0) is 75.3 Å². The minimum absolute atomic E-state index is 0.0656. The molecule has 182 valence electrons. The highest BCUT2D eigenvalue weighted by Gasteiger charge is 2.33. The number of amides is 1. The van der Waals surface area contributed by atoms with Crippen LogP contribution in [0, 0.1) is 5.82 Å². The molecule has 2 aromatic carbocycles. The Labute approximate surface area is 200 Å². The van der Waals surface area contributed by atoms with Crippen molar-refractivity contribution in [1.82, 2.24) is 4.90 Å². The van der Waals surface area contributed by atoms with E-state index in [4.69, 9.17) is 14.2 Å². The van der Waals surface area contributed by atoms with Crippen LogP contribution in [0.15, 0.2) is 36.4 Å². The molecule has 1 amide bonds. The SMILES string of the molecule is COc1ccc(CN2C[C@H](Oc3cc(F)c(C(=O)OC(C)(C)C)cc3C3CC3)CCC2=O)cc1. The maximum absolute atomic E-state index is 14.9. The number of hydrogen-bond acceptors (Lipinski definition) is 5. The van der Waals surface area contributed by atoms with Gasteiger partial charge in [-0.1, -0.05) is 12.1 Å². The lowest BCUT2D eigenvalue weighted by molar-refractivity contribution is -0.136. The molecule has 7 heteroatoms. The van der Waals surface area contributed by atoms with E-state index in [1.165, 1.54) is 6.07 Å². The molecule has 0 unspecified atom stereocenters. The van der Waals surface area contributed by atoms with Crippen molar-refractivity contribution >= 4 is 11.9 Å². The lowest BCUT2D eigenvalue weighted by Crippen LogP contribution is -2.44. The second-order valence-corrected chi connectivity index (χ2v) is 10.0. The number of esters is 1. The van der Waals surface area contributed by atoms with Crippen molar-refractivity contribution in [3.8, 4) is 11.5 Å². The fourth-order valence-electron chi connectivity index (χ4n) is 4.14. The van der Waals surface area contributed by atoms with Gasteiger partial charge in [-0.15, -0.1) is 0 Å². The van der Waals surface area contributed by atoms with Gasteiger partial charge in [0.25, 0.3) is 0 Å². The predicted octanol–water partition coefficient (Wildman–Crippen LogP) is 5.24. The van der Waals surface area contributed by atoms with Crippen molar-refractivity contribution in [3.05, 3.63) is 58.9 Å². The Bertz CT molecular complexity index is 1060. The highest BCUT2D eigenvalue weighted by Crippen LogP contribution is 2.45. The van der Waals surface area contributed by atoms with E-state index in [1.807, 2.05) is 24.3 Å². The van der Waals surface area contributed by atoms with E-state index < -0.39 is 17.4 Å². The number of ether oxygens (including phenoxy) is 3. The lowest BCUT2D eigenvalue weighted by Gasteiger charge is -2.33. The van der Waals surface area contributed by atoms with Crippen LogP contribution in [0.25, 0.3) is 0 Å². The van der Waals surface area contributed by atoms with Gasteiger partial charge in [0.15, 0.2) is 0 Å². The standard InChI is InChI=1S/C27H32FNO5/c1-27(2,3)34-26(31)22-13-21(18-7-8-18)24(14-23(22)28)33-20-11-12-25(30)29(16-20)15-17-5-9-19(32-4)10-6-17/h5-6,9-10,13-14,18,20H,7-8,11-12,15-16H2,1-4H3/t20-/m1/s1.